The smallest absolute Gasteiger partial charge is 0.133 e. The Balaban J connectivity index is 2.66. The number of halogens is 2. The fraction of sp³-hybridized carbons (Fsp3) is 0.143. The van der Waals surface area contributed by atoms with Crippen LogP contribution >= 0.6 is 34.2 Å². The first-order valence-corrected chi connectivity index (χ1v) is 6.79. The van der Waals surface area contributed by atoms with Crippen molar-refractivity contribution < 1.29 is 9.47 Å². The van der Waals surface area contributed by atoms with Gasteiger partial charge in [0.1, 0.15) is 11.5 Å². The predicted molar refractivity (Wildman–Crippen MR) is 82.7 cm³/mol. The number of hydrogen-bond donors (Lipinski definition) is 0. The summed E-state index contributed by atoms with van der Waals surface area (Å²) in [6.07, 6.45) is 0. The predicted octanol–water partition coefficient (Wildman–Crippen LogP) is 4.63. The first-order valence-electron chi connectivity index (χ1n) is 5.33. The normalized spacial score (nSPS) is 10.2. The van der Waals surface area contributed by atoms with E-state index in [-0.39, 0.29) is 0 Å². The molecular weight excluding hydrogens is 363 g/mol. The molecule has 0 fully saturated rings. The van der Waals surface area contributed by atoms with Gasteiger partial charge in [0.2, 0.25) is 0 Å². The van der Waals surface area contributed by atoms with E-state index in [1.165, 1.54) is 0 Å². The summed E-state index contributed by atoms with van der Waals surface area (Å²) >= 11 is 8.44. The maximum absolute atomic E-state index is 6.22. The molecule has 0 aliphatic rings. The lowest BCUT2D eigenvalue weighted by molar-refractivity contribution is 0.402. The van der Waals surface area contributed by atoms with Gasteiger partial charge in [0.05, 0.1) is 17.8 Å². The molecule has 0 spiro atoms. The Morgan fingerprint density at radius 1 is 0.944 bits per heavy atom. The van der Waals surface area contributed by atoms with Crippen molar-refractivity contribution >= 4 is 34.2 Å². The molecule has 0 saturated heterocycles. The highest BCUT2D eigenvalue weighted by Crippen LogP contribution is 2.39. The van der Waals surface area contributed by atoms with Crippen LogP contribution in [0.25, 0.3) is 11.1 Å². The number of methoxy groups -OCH3 is 2. The summed E-state index contributed by atoms with van der Waals surface area (Å²) in [7, 11) is 3.30. The van der Waals surface area contributed by atoms with Gasteiger partial charge in [-0.2, -0.15) is 0 Å². The van der Waals surface area contributed by atoms with Crippen LogP contribution < -0.4 is 9.47 Å². The molecule has 0 saturated carbocycles. The van der Waals surface area contributed by atoms with Gasteiger partial charge in [-0.1, -0.05) is 29.8 Å². The highest BCUT2D eigenvalue weighted by Gasteiger charge is 2.13. The quantitative estimate of drug-likeness (QED) is 0.729. The molecule has 2 nitrogen and oxygen atoms in total. The topological polar surface area (TPSA) is 18.5 Å². The van der Waals surface area contributed by atoms with Crippen LogP contribution in [-0.4, -0.2) is 14.2 Å². The molecule has 0 heterocycles. The highest BCUT2D eigenvalue weighted by molar-refractivity contribution is 14.1. The average molecular weight is 375 g/mol. The lowest BCUT2D eigenvalue weighted by atomic mass is 10.0. The summed E-state index contributed by atoms with van der Waals surface area (Å²) < 4.78 is 11.8. The van der Waals surface area contributed by atoms with Crippen molar-refractivity contribution in [1.29, 1.82) is 0 Å². The molecule has 0 atom stereocenters. The lowest BCUT2D eigenvalue weighted by Gasteiger charge is -2.13. The molecule has 18 heavy (non-hydrogen) atoms. The first kappa shape index (κ1) is 13.5. The standard InChI is InChI=1S/C14H12ClIO2/c1-17-13-8-12(16)14(18-2)7-10(13)9-5-3-4-6-11(9)15/h3-8H,1-2H3. The largest absolute Gasteiger partial charge is 0.496 e. The van der Waals surface area contributed by atoms with Crippen molar-refractivity contribution in [3.05, 3.63) is 45.0 Å². The number of ether oxygens (including phenoxy) is 2. The van der Waals surface area contributed by atoms with Gasteiger partial charge in [0.25, 0.3) is 0 Å². The molecule has 0 aromatic heterocycles. The molecule has 2 aromatic rings. The first-order chi connectivity index (χ1) is 8.67. The molecule has 0 bridgehead atoms. The Kier molecular flexibility index (Phi) is 4.35. The third-order valence-corrected chi connectivity index (χ3v) is 3.81. The zero-order valence-corrected chi connectivity index (χ0v) is 12.9. The second kappa shape index (κ2) is 5.80. The summed E-state index contributed by atoms with van der Waals surface area (Å²) in [5.41, 5.74) is 1.87. The van der Waals surface area contributed by atoms with Gasteiger partial charge in [0.15, 0.2) is 0 Å². The van der Waals surface area contributed by atoms with Crippen LogP contribution in [0.1, 0.15) is 0 Å². The second-order valence-electron chi connectivity index (χ2n) is 3.67. The third-order valence-electron chi connectivity index (χ3n) is 2.64. The summed E-state index contributed by atoms with van der Waals surface area (Å²) in [6, 6.07) is 11.6. The molecule has 0 aliphatic carbocycles. The minimum absolute atomic E-state index is 0.694. The van der Waals surface area contributed by atoms with Crippen LogP contribution in [0.5, 0.6) is 11.5 Å². The third kappa shape index (κ3) is 2.57. The van der Waals surface area contributed by atoms with Gasteiger partial charge in [-0.15, -0.1) is 0 Å². The van der Waals surface area contributed by atoms with Gasteiger partial charge >= 0.3 is 0 Å². The minimum Gasteiger partial charge on any atom is -0.496 e. The van der Waals surface area contributed by atoms with Gasteiger partial charge in [-0.3, -0.25) is 0 Å². The van der Waals surface area contributed by atoms with Gasteiger partial charge in [0, 0.05) is 16.1 Å². The Labute approximate surface area is 125 Å². The highest BCUT2D eigenvalue weighted by atomic mass is 127. The average Bonchev–Trinajstić information content (AvgIpc) is 2.39. The van der Waals surface area contributed by atoms with Crippen molar-refractivity contribution in [1.82, 2.24) is 0 Å². The lowest BCUT2D eigenvalue weighted by Crippen LogP contribution is -1.93. The maximum Gasteiger partial charge on any atom is 0.133 e. The summed E-state index contributed by atoms with van der Waals surface area (Å²) in [6.45, 7) is 0. The zero-order valence-electron chi connectivity index (χ0n) is 10.0. The molecule has 2 aromatic carbocycles. The monoisotopic (exact) mass is 374 g/mol. The summed E-state index contributed by atoms with van der Waals surface area (Å²) in [4.78, 5) is 0. The van der Waals surface area contributed by atoms with Gasteiger partial charge in [-0.05, 0) is 40.8 Å². The molecule has 94 valence electrons. The Bertz CT molecular complexity index is 570. The van der Waals surface area contributed by atoms with Crippen LogP contribution in [-0.2, 0) is 0 Å². The van der Waals surface area contributed by atoms with Crippen molar-refractivity contribution in [2.45, 2.75) is 0 Å². The van der Waals surface area contributed by atoms with Crippen LogP contribution in [0.3, 0.4) is 0 Å². The SMILES string of the molecule is COc1cc(-c2ccccc2Cl)c(OC)cc1I. The summed E-state index contributed by atoms with van der Waals surface area (Å²) in [5, 5.41) is 0.694. The molecule has 0 amide bonds. The molecule has 0 aliphatic heterocycles. The van der Waals surface area contributed by atoms with E-state index < -0.39 is 0 Å². The molecule has 2 rings (SSSR count). The number of hydrogen-bond acceptors (Lipinski definition) is 2. The van der Waals surface area contributed by atoms with Crippen molar-refractivity contribution in [2.75, 3.05) is 14.2 Å². The van der Waals surface area contributed by atoms with Crippen LogP contribution in [0.4, 0.5) is 0 Å². The molecule has 0 N–H and O–H groups in total. The van der Waals surface area contributed by atoms with E-state index in [4.69, 9.17) is 21.1 Å². The Morgan fingerprint density at radius 2 is 1.61 bits per heavy atom. The summed E-state index contributed by atoms with van der Waals surface area (Å²) in [5.74, 6) is 1.60. The van der Waals surface area contributed by atoms with Gasteiger partial charge < -0.3 is 9.47 Å². The van der Waals surface area contributed by atoms with Crippen LogP contribution in [0.2, 0.25) is 5.02 Å². The maximum atomic E-state index is 6.22. The van der Waals surface area contributed by atoms with Crippen LogP contribution in [0, 0.1) is 3.57 Å². The fourth-order valence-corrected chi connectivity index (χ4v) is 2.65. The van der Waals surface area contributed by atoms with Gasteiger partial charge in [-0.25, -0.2) is 0 Å². The fourth-order valence-electron chi connectivity index (χ4n) is 1.75. The van der Waals surface area contributed by atoms with E-state index in [0.29, 0.717) is 5.02 Å². The van der Waals surface area contributed by atoms with E-state index in [2.05, 4.69) is 22.6 Å². The van der Waals surface area contributed by atoms with E-state index in [9.17, 15) is 0 Å². The molecule has 0 radical (unpaired) electrons. The minimum atomic E-state index is 0.694. The Hall–Kier alpha value is -0.940. The van der Waals surface area contributed by atoms with Crippen molar-refractivity contribution in [2.24, 2.45) is 0 Å². The zero-order chi connectivity index (χ0) is 13.1. The van der Waals surface area contributed by atoms with Crippen molar-refractivity contribution in [3.63, 3.8) is 0 Å². The van der Waals surface area contributed by atoms with E-state index in [0.717, 1.165) is 26.2 Å². The van der Waals surface area contributed by atoms with Crippen LogP contribution in [0.15, 0.2) is 36.4 Å². The number of benzene rings is 2. The molecule has 4 heteroatoms. The van der Waals surface area contributed by atoms with E-state index in [1.54, 1.807) is 14.2 Å². The van der Waals surface area contributed by atoms with Crippen molar-refractivity contribution in [3.8, 4) is 22.6 Å². The second-order valence-corrected chi connectivity index (χ2v) is 5.24. The van der Waals surface area contributed by atoms with E-state index >= 15 is 0 Å². The number of rotatable bonds is 3. The Morgan fingerprint density at radius 3 is 2.22 bits per heavy atom. The molecular formula is C14H12ClIO2. The molecule has 0 unspecified atom stereocenters. The van der Waals surface area contributed by atoms with E-state index in [1.807, 2.05) is 36.4 Å².